The molecular weight excluding hydrogens is 338 g/mol. The van der Waals surface area contributed by atoms with Gasteiger partial charge in [-0.25, -0.2) is 4.98 Å². The molecule has 27 heavy (non-hydrogen) atoms. The van der Waals surface area contributed by atoms with Crippen LogP contribution >= 0.6 is 0 Å². The van der Waals surface area contributed by atoms with Crippen LogP contribution in [-0.4, -0.2) is 35.5 Å². The first-order chi connectivity index (χ1) is 13.2. The number of nitrogens with one attached hydrogen (secondary N) is 2. The molecule has 0 fully saturated rings. The van der Waals surface area contributed by atoms with Gasteiger partial charge in [0.25, 0.3) is 0 Å². The fourth-order valence-corrected chi connectivity index (χ4v) is 2.87. The van der Waals surface area contributed by atoms with E-state index < -0.39 is 0 Å². The third kappa shape index (κ3) is 4.73. The van der Waals surface area contributed by atoms with Crippen LogP contribution in [0.3, 0.4) is 0 Å². The van der Waals surface area contributed by atoms with Gasteiger partial charge in [0.05, 0.1) is 12.1 Å². The molecule has 2 aromatic carbocycles. The highest BCUT2D eigenvalue weighted by Gasteiger charge is 2.12. The maximum atomic E-state index is 12.2. The van der Waals surface area contributed by atoms with E-state index in [1.54, 1.807) is 0 Å². The van der Waals surface area contributed by atoms with Crippen LogP contribution in [0.25, 0.3) is 10.9 Å². The largest absolute Gasteiger partial charge is 0.360 e. The van der Waals surface area contributed by atoms with Crippen molar-refractivity contribution in [3.05, 3.63) is 60.2 Å². The van der Waals surface area contributed by atoms with Gasteiger partial charge in [0.2, 0.25) is 11.9 Å². The first-order valence-corrected chi connectivity index (χ1v) is 9.27. The second-order valence-electron chi connectivity index (χ2n) is 6.18. The van der Waals surface area contributed by atoms with Gasteiger partial charge < -0.3 is 15.5 Å². The van der Waals surface area contributed by atoms with E-state index in [9.17, 15) is 4.79 Å². The molecule has 6 heteroatoms. The maximum absolute atomic E-state index is 12.2. The monoisotopic (exact) mass is 363 g/mol. The summed E-state index contributed by atoms with van der Waals surface area (Å²) in [5, 5.41) is 7.01. The highest BCUT2D eigenvalue weighted by atomic mass is 16.1. The number of anilines is 2. The van der Waals surface area contributed by atoms with Crippen molar-refractivity contribution < 1.29 is 4.79 Å². The summed E-state index contributed by atoms with van der Waals surface area (Å²) in [6.07, 6.45) is 0. The smallest absolute Gasteiger partial charge is 0.239 e. The van der Waals surface area contributed by atoms with Crippen LogP contribution in [0.5, 0.6) is 0 Å². The molecule has 0 unspecified atom stereocenters. The van der Waals surface area contributed by atoms with Gasteiger partial charge in [-0.3, -0.25) is 4.79 Å². The summed E-state index contributed by atoms with van der Waals surface area (Å²) in [6.45, 7) is 6.47. The highest BCUT2D eigenvalue weighted by Crippen LogP contribution is 2.23. The van der Waals surface area contributed by atoms with E-state index >= 15 is 0 Å². The molecule has 2 N–H and O–H groups in total. The average molecular weight is 363 g/mol. The third-order valence-electron chi connectivity index (χ3n) is 4.39. The minimum atomic E-state index is -0.0778. The van der Waals surface area contributed by atoms with Gasteiger partial charge in [0.15, 0.2) is 0 Å². The number of rotatable bonds is 8. The predicted molar refractivity (Wildman–Crippen MR) is 110 cm³/mol. The summed E-state index contributed by atoms with van der Waals surface area (Å²) in [5.74, 6) is 1.27. The number of aromatic nitrogens is 2. The average Bonchev–Trinajstić information content (AvgIpc) is 2.72. The Hall–Kier alpha value is -3.15. The van der Waals surface area contributed by atoms with Gasteiger partial charge in [0, 0.05) is 25.0 Å². The quantitative estimate of drug-likeness (QED) is 0.643. The van der Waals surface area contributed by atoms with Crippen molar-refractivity contribution in [1.29, 1.82) is 0 Å². The van der Waals surface area contributed by atoms with E-state index in [4.69, 9.17) is 0 Å². The molecule has 0 spiro atoms. The van der Waals surface area contributed by atoms with Gasteiger partial charge in [-0.1, -0.05) is 42.5 Å². The fourth-order valence-electron chi connectivity index (χ4n) is 2.87. The molecule has 0 aliphatic carbocycles. The number of hydrogen-bond acceptors (Lipinski definition) is 5. The Morgan fingerprint density at radius 1 is 0.963 bits per heavy atom. The Balaban J connectivity index is 1.72. The molecule has 3 rings (SSSR count). The second-order valence-corrected chi connectivity index (χ2v) is 6.18. The minimum absolute atomic E-state index is 0.0778. The lowest BCUT2D eigenvalue weighted by molar-refractivity contribution is -0.119. The molecule has 0 saturated carbocycles. The summed E-state index contributed by atoms with van der Waals surface area (Å²) in [4.78, 5) is 23.6. The van der Waals surface area contributed by atoms with Crippen molar-refractivity contribution >= 4 is 28.6 Å². The molecule has 1 heterocycles. The van der Waals surface area contributed by atoms with Crippen LogP contribution in [-0.2, 0) is 11.3 Å². The highest BCUT2D eigenvalue weighted by molar-refractivity contribution is 5.91. The van der Waals surface area contributed by atoms with E-state index in [0.29, 0.717) is 18.3 Å². The molecule has 0 aliphatic heterocycles. The van der Waals surface area contributed by atoms with Crippen molar-refractivity contribution in [3.8, 4) is 0 Å². The standard InChI is InChI=1S/C21H25N5O/c1-3-26(4-2)21-24-18-13-9-8-12-17(18)20(25-21)23-15-19(27)22-14-16-10-6-5-7-11-16/h5-13H,3-4,14-15H2,1-2H3,(H,22,27)(H,23,24,25). The van der Waals surface area contributed by atoms with Gasteiger partial charge in [0.1, 0.15) is 5.82 Å². The third-order valence-corrected chi connectivity index (χ3v) is 4.39. The first kappa shape index (κ1) is 18.6. The molecule has 0 atom stereocenters. The fraction of sp³-hybridized carbons (Fsp3) is 0.286. The van der Waals surface area contributed by atoms with Crippen molar-refractivity contribution in [3.63, 3.8) is 0 Å². The number of nitrogens with zero attached hydrogens (tertiary/aromatic N) is 3. The Morgan fingerprint density at radius 2 is 1.67 bits per heavy atom. The van der Waals surface area contributed by atoms with Gasteiger partial charge in [-0.05, 0) is 31.5 Å². The van der Waals surface area contributed by atoms with E-state index in [1.165, 1.54) is 0 Å². The molecule has 0 bridgehead atoms. The van der Waals surface area contributed by atoms with Crippen LogP contribution < -0.4 is 15.5 Å². The second kappa shape index (κ2) is 8.98. The Kier molecular flexibility index (Phi) is 6.20. The number of para-hydroxylation sites is 1. The summed E-state index contributed by atoms with van der Waals surface area (Å²) < 4.78 is 0. The number of hydrogen-bond donors (Lipinski definition) is 2. The molecule has 1 aromatic heterocycles. The van der Waals surface area contributed by atoms with E-state index in [1.807, 2.05) is 54.6 Å². The molecule has 140 valence electrons. The Labute approximate surface area is 159 Å². The van der Waals surface area contributed by atoms with Gasteiger partial charge in [-0.2, -0.15) is 4.98 Å². The lowest BCUT2D eigenvalue weighted by Crippen LogP contribution is -2.30. The van der Waals surface area contributed by atoms with Gasteiger partial charge >= 0.3 is 0 Å². The van der Waals surface area contributed by atoms with Crippen LogP contribution in [0.15, 0.2) is 54.6 Å². The normalized spacial score (nSPS) is 10.6. The number of benzene rings is 2. The molecule has 0 saturated heterocycles. The number of carbonyl (C=O) groups excluding carboxylic acids is 1. The zero-order valence-electron chi connectivity index (χ0n) is 15.8. The van der Waals surface area contributed by atoms with Gasteiger partial charge in [-0.15, -0.1) is 0 Å². The first-order valence-electron chi connectivity index (χ1n) is 9.27. The summed E-state index contributed by atoms with van der Waals surface area (Å²) in [5.41, 5.74) is 1.93. The van der Waals surface area contributed by atoms with Crippen molar-refractivity contribution in [1.82, 2.24) is 15.3 Å². The molecular formula is C21H25N5O. The lowest BCUT2D eigenvalue weighted by Gasteiger charge is -2.20. The minimum Gasteiger partial charge on any atom is -0.360 e. The van der Waals surface area contributed by atoms with Crippen LogP contribution in [0, 0.1) is 0 Å². The summed E-state index contributed by atoms with van der Waals surface area (Å²) >= 11 is 0. The Bertz CT molecular complexity index is 893. The van der Waals surface area contributed by atoms with E-state index in [2.05, 4.69) is 39.3 Å². The number of fused-ring (bicyclic) bond motifs is 1. The van der Waals surface area contributed by atoms with E-state index in [0.717, 1.165) is 29.6 Å². The zero-order valence-corrected chi connectivity index (χ0v) is 15.8. The zero-order chi connectivity index (χ0) is 19.1. The van der Waals surface area contributed by atoms with Crippen molar-refractivity contribution in [2.75, 3.05) is 29.9 Å². The molecule has 0 aliphatic rings. The maximum Gasteiger partial charge on any atom is 0.239 e. The Morgan fingerprint density at radius 3 is 2.41 bits per heavy atom. The topological polar surface area (TPSA) is 70.2 Å². The molecule has 0 radical (unpaired) electrons. The number of carbonyl (C=O) groups is 1. The lowest BCUT2D eigenvalue weighted by atomic mass is 10.2. The van der Waals surface area contributed by atoms with Crippen LogP contribution in [0.4, 0.5) is 11.8 Å². The van der Waals surface area contributed by atoms with Crippen molar-refractivity contribution in [2.24, 2.45) is 0 Å². The summed E-state index contributed by atoms with van der Waals surface area (Å²) in [7, 11) is 0. The van der Waals surface area contributed by atoms with Crippen LogP contribution in [0.1, 0.15) is 19.4 Å². The molecule has 3 aromatic rings. The number of amides is 1. The van der Waals surface area contributed by atoms with Crippen molar-refractivity contribution in [2.45, 2.75) is 20.4 Å². The predicted octanol–water partition coefficient (Wildman–Crippen LogP) is 3.20. The molecule has 6 nitrogen and oxygen atoms in total. The summed E-state index contributed by atoms with van der Waals surface area (Å²) in [6, 6.07) is 17.7. The molecule has 1 amide bonds. The van der Waals surface area contributed by atoms with E-state index in [-0.39, 0.29) is 12.5 Å². The van der Waals surface area contributed by atoms with Crippen LogP contribution in [0.2, 0.25) is 0 Å². The SMILES string of the molecule is CCN(CC)c1nc(NCC(=O)NCc2ccccc2)c2ccccc2n1.